The van der Waals surface area contributed by atoms with Crippen molar-refractivity contribution in [3.8, 4) is 11.1 Å². The Morgan fingerprint density at radius 1 is 0.676 bits per heavy atom. The van der Waals surface area contributed by atoms with Crippen molar-refractivity contribution in [1.29, 1.82) is 0 Å². The molecular formula is C24H36N2O6S2. The third-order valence-electron chi connectivity index (χ3n) is 5.83. The van der Waals surface area contributed by atoms with Crippen LogP contribution in [-0.2, 0) is 20.2 Å². The molecule has 10 heteroatoms. The van der Waals surface area contributed by atoms with Crippen molar-refractivity contribution in [3.63, 3.8) is 0 Å². The van der Waals surface area contributed by atoms with E-state index in [9.17, 15) is 16.8 Å². The van der Waals surface area contributed by atoms with Gasteiger partial charge in [-0.25, -0.2) is 0 Å². The molecular weight excluding hydrogens is 476 g/mol. The zero-order valence-corrected chi connectivity index (χ0v) is 22.0. The van der Waals surface area contributed by atoms with Crippen LogP contribution in [-0.4, -0.2) is 63.6 Å². The number of benzene rings is 2. The number of aryl methyl sites for hydroxylation is 2. The lowest BCUT2D eigenvalue weighted by Crippen LogP contribution is -2.26. The lowest BCUT2D eigenvalue weighted by Gasteiger charge is -2.26. The lowest BCUT2D eigenvalue weighted by atomic mass is 9.99. The molecule has 0 aliphatic heterocycles. The zero-order chi connectivity index (χ0) is 25.5. The molecule has 190 valence electrons. The van der Waals surface area contributed by atoms with Crippen LogP contribution in [0.4, 0.5) is 11.4 Å². The van der Waals surface area contributed by atoms with Crippen molar-refractivity contribution in [3.05, 3.63) is 47.5 Å². The van der Waals surface area contributed by atoms with E-state index in [1.807, 2.05) is 52.0 Å². The van der Waals surface area contributed by atoms with Crippen LogP contribution in [0.25, 0.3) is 11.1 Å². The first-order valence-corrected chi connectivity index (χ1v) is 14.7. The molecule has 0 saturated carbocycles. The molecule has 0 heterocycles. The molecule has 34 heavy (non-hydrogen) atoms. The van der Waals surface area contributed by atoms with Crippen molar-refractivity contribution in [1.82, 2.24) is 0 Å². The van der Waals surface area contributed by atoms with Crippen LogP contribution in [0.5, 0.6) is 0 Å². The Morgan fingerprint density at radius 2 is 1.03 bits per heavy atom. The Hall–Kier alpha value is -2.14. The van der Waals surface area contributed by atoms with E-state index in [1.165, 1.54) is 0 Å². The van der Waals surface area contributed by atoms with Gasteiger partial charge in [-0.15, -0.1) is 0 Å². The molecule has 0 aliphatic rings. The predicted molar refractivity (Wildman–Crippen MR) is 139 cm³/mol. The summed E-state index contributed by atoms with van der Waals surface area (Å²) in [6.45, 7) is 10.6. The first-order chi connectivity index (χ1) is 15.8. The topological polar surface area (TPSA) is 115 Å². The molecule has 8 nitrogen and oxygen atoms in total. The summed E-state index contributed by atoms with van der Waals surface area (Å²) in [6.07, 6.45) is 0.708. The quantitative estimate of drug-likeness (QED) is 0.384. The fourth-order valence-corrected chi connectivity index (χ4v) is 5.14. The highest BCUT2D eigenvalue weighted by Gasteiger charge is 2.14. The third kappa shape index (κ3) is 8.57. The highest BCUT2D eigenvalue weighted by Crippen LogP contribution is 2.31. The van der Waals surface area contributed by atoms with Crippen LogP contribution in [0.3, 0.4) is 0 Å². The van der Waals surface area contributed by atoms with E-state index in [0.29, 0.717) is 25.9 Å². The Bertz CT molecular complexity index is 1090. The van der Waals surface area contributed by atoms with E-state index in [4.69, 9.17) is 9.11 Å². The first-order valence-electron chi connectivity index (χ1n) is 11.5. The van der Waals surface area contributed by atoms with Gasteiger partial charge in [0.15, 0.2) is 0 Å². The molecule has 0 aromatic heterocycles. The fraction of sp³-hybridized carbons (Fsp3) is 0.500. The summed E-state index contributed by atoms with van der Waals surface area (Å²) in [7, 11) is -7.92. The van der Waals surface area contributed by atoms with E-state index >= 15 is 0 Å². The minimum atomic E-state index is -3.96. The van der Waals surface area contributed by atoms with E-state index in [-0.39, 0.29) is 11.5 Å². The van der Waals surface area contributed by atoms with Gasteiger partial charge < -0.3 is 9.80 Å². The highest BCUT2D eigenvalue weighted by atomic mass is 32.2. The van der Waals surface area contributed by atoms with Gasteiger partial charge in [0.25, 0.3) is 20.2 Å². The van der Waals surface area contributed by atoms with Crippen molar-refractivity contribution >= 4 is 31.6 Å². The van der Waals surface area contributed by atoms with Gasteiger partial charge in [-0.2, -0.15) is 16.8 Å². The van der Waals surface area contributed by atoms with Crippen molar-refractivity contribution in [2.24, 2.45) is 0 Å². The molecule has 0 saturated heterocycles. The molecule has 0 unspecified atom stereocenters. The molecule has 0 fully saturated rings. The monoisotopic (exact) mass is 512 g/mol. The van der Waals surface area contributed by atoms with E-state index in [0.717, 1.165) is 46.7 Å². The molecule has 2 N–H and O–H groups in total. The standard InChI is InChI=1S/C24H36N2O6S2/c1-5-25(13-7-15-33(27,28)29)23-11-9-21(17-19(23)3)22-10-12-24(20(4)18-22)26(6-2)14-8-16-34(30,31)32/h9-12,17-18H,5-8,13-16H2,1-4H3,(H,27,28,29)(H,30,31,32). The maximum atomic E-state index is 11.0. The van der Waals surface area contributed by atoms with Crippen LogP contribution in [0.15, 0.2) is 36.4 Å². The van der Waals surface area contributed by atoms with Crippen LogP contribution < -0.4 is 9.80 Å². The second-order valence-corrected chi connectivity index (χ2v) is 11.6. The van der Waals surface area contributed by atoms with Crippen LogP contribution in [0.2, 0.25) is 0 Å². The summed E-state index contributed by atoms with van der Waals surface area (Å²) in [5.74, 6) is -0.506. The SMILES string of the molecule is CCN(CCCS(=O)(=O)O)c1ccc(-c2ccc(N(CC)CCCS(=O)(=O)O)c(C)c2)cc1C. The normalized spacial score (nSPS) is 12.1. The molecule has 0 radical (unpaired) electrons. The largest absolute Gasteiger partial charge is 0.372 e. The average Bonchev–Trinajstić information content (AvgIpc) is 2.73. The van der Waals surface area contributed by atoms with Gasteiger partial charge in [-0.1, -0.05) is 12.1 Å². The Labute approximate surface area is 204 Å². The maximum absolute atomic E-state index is 11.0. The number of hydrogen-bond donors (Lipinski definition) is 2. The van der Waals surface area contributed by atoms with Gasteiger partial charge >= 0.3 is 0 Å². The number of nitrogens with zero attached hydrogens (tertiary/aromatic N) is 2. The minimum absolute atomic E-state index is 0.253. The molecule has 0 amide bonds. The van der Waals surface area contributed by atoms with Crippen molar-refractivity contribution in [2.75, 3.05) is 47.5 Å². The summed E-state index contributed by atoms with van der Waals surface area (Å²) >= 11 is 0. The second-order valence-electron chi connectivity index (χ2n) is 8.44. The molecule has 2 aromatic rings. The molecule has 2 aromatic carbocycles. The summed E-state index contributed by atoms with van der Waals surface area (Å²) in [5.41, 5.74) is 6.36. The molecule has 0 spiro atoms. The minimum Gasteiger partial charge on any atom is -0.372 e. The van der Waals surface area contributed by atoms with Crippen molar-refractivity contribution in [2.45, 2.75) is 40.5 Å². The van der Waals surface area contributed by atoms with E-state index < -0.39 is 20.2 Å². The fourth-order valence-electron chi connectivity index (χ4n) is 4.15. The summed E-state index contributed by atoms with van der Waals surface area (Å²) in [6, 6.07) is 12.4. The smallest absolute Gasteiger partial charge is 0.264 e. The highest BCUT2D eigenvalue weighted by molar-refractivity contribution is 7.86. The average molecular weight is 513 g/mol. The first kappa shape index (κ1) is 28.1. The second kappa shape index (κ2) is 12.0. The predicted octanol–water partition coefficient (Wildman–Crippen LogP) is 4.18. The van der Waals surface area contributed by atoms with Gasteiger partial charge in [0.2, 0.25) is 0 Å². The molecule has 0 bridgehead atoms. The zero-order valence-electron chi connectivity index (χ0n) is 20.4. The Kier molecular flexibility index (Phi) is 9.93. The number of rotatable bonds is 13. The molecule has 2 rings (SSSR count). The van der Waals surface area contributed by atoms with E-state index in [2.05, 4.69) is 21.9 Å². The third-order valence-corrected chi connectivity index (χ3v) is 7.44. The lowest BCUT2D eigenvalue weighted by molar-refractivity contribution is 0.478. The summed E-state index contributed by atoms with van der Waals surface area (Å²) in [4.78, 5) is 4.20. The van der Waals surface area contributed by atoms with Crippen molar-refractivity contribution < 1.29 is 25.9 Å². The molecule has 0 aliphatic carbocycles. The Morgan fingerprint density at radius 3 is 1.29 bits per heavy atom. The Balaban J connectivity index is 2.18. The number of hydrogen-bond acceptors (Lipinski definition) is 6. The van der Waals surface area contributed by atoms with Gasteiger partial charge in [0.05, 0.1) is 11.5 Å². The molecule has 0 atom stereocenters. The van der Waals surface area contributed by atoms with Crippen LogP contribution in [0.1, 0.15) is 37.8 Å². The van der Waals surface area contributed by atoms with Crippen LogP contribution >= 0.6 is 0 Å². The summed E-state index contributed by atoms with van der Waals surface area (Å²) < 4.78 is 62.0. The maximum Gasteiger partial charge on any atom is 0.264 e. The van der Waals surface area contributed by atoms with Gasteiger partial charge in [-0.05, 0) is 87.1 Å². The van der Waals surface area contributed by atoms with Gasteiger partial charge in [0.1, 0.15) is 0 Å². The van der Waals surface area contributed by atoms with Crippen LogP contribution in [0, 0.1) is 13.8 Å². The van der Waals surface area contributed by atoms with Gasteiger partial charge in [0, 0.05) is 37.6 Å². The van der Waals surface area contributed by atoms with E-state index in [1.54, 1.807) is 0 Å². The number of anilines is 2. The van der Waals surface area contributed by atoms with Gasteiger partial charge in [-0.3, -0.25) is 9.11 Å². The summed E-state index contributed by atoms with van der Waals surface area (Å²) in [5, 5.41) is 0.